The second-order valence-corrected chi connectivity index (χ2v) is 2.30. The van der Waals surface area contributed by atoms with Crippen molar-refractivity contribution >= 4 is 0 Å². The lowest BCUT2D eigenvalue weighted by molar-refractivity contribution is -0.338. The molecule has 3 nitrogen and oxygen atoms in total. The summed E-state index contributed by atoms with van der Waals surface area (Å²) in [5, 5.41) is 9.11. The molecule has 62 valence electrons. The van der Waals surface area contributed by atoms with Crippen molar-refractivity contribution in [2.75, 3.05) is 13.7 Å². The number of unbranched alkanes of at least 4 members (excludes halogenated alkanes) is 1. The van der Waals surface area contributed by atoms with Gasteiger partial charge in [0.05, 0.1) is 6.61 Å². The molecule has 0 bridgehead atoms. The van der Waals surface area contributed by atoms with Crippen molar-refractivity contribution in [3.8, 4) is 0 Å². The Kier molecular flexibility index (Phi) is 4.60. The molecular formula is C7H16O3. The van der Waals surface area contributed by atoms with Crippen LogP contribution in [0.15, 0.2) is 0 Å². The highest BCUT2D eigenvalue weighted by Gasteiger charge is 2.18. The Balaban J connectivity index is 3.28. The van der Waals surface area contributed by atoms with Crippen LogP contribution < -0.4 is 0 Å². The van der Waals surface area contributed by atoms with Crippen LogP contribution in [0.3, 0.4) is 0 Å². The van der Waals surface area contributed by atoms with Crippen LogP contribution >= 0.6 is 0 Å². The van der Waals surface area contributed by atoms with E-state index < -0.39 is 5.97 Å². The van der Waals surface area contributed by atoms with E-state index in [9.17, 15) is 0 Å². The van der Waals surface area contributed by atoms with Crippen molar-refractivity contribution < 1.29 is 14.6 Å². The molecule has 0 spiro atoms. The molecule has 0 aliphatic heterocycles. The van der Waals surface area contributed by atoms with Crippen LogP contribution in [-0.2, 0) is 9.47 Å². The number of hydrogen-bond acceptors (Lipinski definition) is 3. The summed E-state index contributed by atoms with van der Waals surface area (Å²) in [6.45, 7) is 4.07. The second-order valence-electron chi connectivity index (χ2n) is 2.30. The molecular weight excluding hydrogens is 132 g/mol. The van der Waals surface area contributed by atoms with E-state index >= 15 is 0 Å². The smallest absolute Gasteiger partial charge is 0.277 e. The Hall–Kier alpha value is -0.120. The molecule has 0 aliphatic carbocycles. The normalized spacial score (nSPS) is 16.8. The third-order valence-corrected chi connectivity index (χ3v) is 1.25. The quantitative estimate of drug-likeness (QED) is 0.469. The van der Waals surface area contributed by atoms with Gasteiger partial charge in [0, 0.05) is 14.0 Å². The van der Waals surface area contributed by atoms with Crippen molar-refractivity contribution in [1.29, 1.82) is 0 Å². The summed E-state index contributed by atoms with van der Waals surface area (Å²) in [4.78, 5) is 0. The minimum atomic E-state index is -1.41. The minimum Gasteiger partial charge on any atom is -0.344 e. The molecule has 0 aliphatic rings. The molecule has 0 fully saturated rings. The molecule has 10 heavy (non-hydrogen) atoms. The molecule has 0 saturated heterocycles. The van der Waals surface area contributed by atoms with Gasteiger partial charge in [-0.2, -0.15) is 0 Å². The van der Waals surface area contributed by atoms with Gasteiger partial charge in [-0.25, -0.2) is 0 Å². The fourth-order valence-electron chi connectivity index (χ4n) is 0.465. The molecule has 0 saturated carbocycles. The second kappa shape index (κ2) is 4.66. The first kappa shape index (κ1) is 9.88. The maximum absolute atomic E-state index is 9.11. The van der Waals surface area contributed by atoms with Gasteiger partial charge in [0.25, 0.3) is 5.97 Å². The van der Waals surface area contributed by atoms with Crippen molar-refractivity contribution in [2.24, 2.45) is 0 Å². The summed E-state index contributed by atoms with van der Waals surface area (Å²) in [6.07, 6.45) is 2.00. The third kappa shape index (κ3) is 4.73. The Morgan fingerprint density at radius 3 is 2.50 bits per heavy atom. The lowest BCUT2D eigenvalue weighted by Gasteiger charge is -2.20. The Morgan fingerprint density at radius 2 is 2.10 bits per heavy atom. The van der Waals surface area contributed by atoms with Crippen LogP contribution in [-0.4, -0.2) is 24.8 Å². The van der Waals surface area contributed by atoms with Crippen molar-refractivity contribution in [3.05, 3.63) is 0 Å². The lowest BCUT2D eigenvalue weighted by Crippen LogP contribution is -2.30. The van der Waals surface area contributed by atoms with Crippen LogP contribution in [0.4, 0.5) is 0 Å². The van der Waals surface area contributed by atoms with E-state index in [2.05, 4.69) is 11.7 Å². The molecule has 1 unspecified atom stereocenters. The number of methoxy groups -OCH3 is 1. The fourth-order valence-corrected chi connectivity index (χ4v) is 0.465. The highest BCUT2D eigenvalue weighted by molar-refractivity contribution is 4.40. The number of rotatable bonds is 5. The lowest BCUT2D eigenvalue weighted by atomic mass is 10.4. The molecule has 0 aromatic rings. The van der Waals surface area contributed by atoms with E-state index in [4.69, 9.17) is 9.84 Å². The first-order chi connectivity index (χ1) is 4.62. The Bertz CT molecular complexity index is 80.9. The SMILES string of the molecule is CCCCOC(C)(O)OC. The number of aliphatic hydroxyl groups is 1. The topological polar surface area (TPSA) is 38.7 Å². The van der Waals surface area contributed by atoms with Gasteiger partial charge in [0.1, 0.15) is 0 Å². The van der Waals surface area contributed by atoms with Gasteiger partial charge in [-0.15, -0.1) is 0 Å². The van der Waals surface area contributed by atoms with Crippen LogP contribution in [0, 0.1) is 0 Å². The first-order valence-corrected chi connectivity index (χ1v) is 3.54. The molecule has 0 aromatic heterocycles. The summed E-state index contributed by atoms with van der Waals surface area (Å²) in [7, 11) is 1.41. The van der Waals surface area contributed by atoms with Crippen molar-refractivity contribution in [3.63, 3.8) is 0 Å². The first-order valence-electron chi connectivity index (χ1n) is 3.54. The molecule has 0 radical (unpaired) electrons. The monoisotopic (exact) mass is 148 g/mol. The van der Waals surface area contributed by atoms with Crippen LogP contribution in [0.25, 0.3) is 0 Å². The average Bonchev–Trinajstić information content (AvgIpc) is 1.89. The fraction of sp³-hybridized carbons (Fsp3) is 1.00. The zero-order valence-corrected chi connectivity index (χ0v) is 6.89. The molecule has 0 rings (SSSR count). The summed E-state index contributed by atoms with van der Waals surface area (Å²) in [5.74, 6) is -1.41. The highest BCUT2D eigenvalue weighted by atomic mass is 16.8. The summed E-state index contributed by atoms with van der Waals surface area (Å²) < 4.78 is 9.57. The maximum atomic E-state index is 9.11. The van der Waals surface area contributed by atoms with E-state index in [0.29, 0.717) is 6.61 Å². The Labute approximate surface area is 62.0 Å². The zero-order valence-electron chi connectivity index (χ0n) is 6.89. The van der Waals surface area contributed by atoms with E-state index in [0.717, 1.165) is 12.8 Å². The number of hydrogen-bond donors (Lipinski definition) is 1. The molecule has 0 aromatic carbocycles. The van der Waals surface area contributed by atoms with E-state index in [1.54, 1.807) is 0 Å². The average molecular weight is 148 g/mol. The van der Waals surface area contributed by atoms with Crippen molar-refractivity contribution in [2.45, 2.75) is 32.7 Å². The van der Waals surface area contributed by atoms with Gasteiger partial charge < -0.3 is 14.6 Å². The van der Waals surface area contributed by atoms with E-state index in [1.165, 1.54) is 14.0 Å². The van der Waals surface area contributed by atoms with Gasteiger partial charge in [-0.3, -0.25) is 0 Å². The number of ether oxygens (including phenoxy) is 2. The van der Waals surface area contributed by atoms with Crippen molar-refractivity contribution in [1.82, 2.24) is 0 Å². The third-order valence-electron chi connectivity index (χ3n) is 1.25. The largest absolute Gasteiger partial charge is 0.344 e. The molecule has 1 N–H and O–H groups in total. The highest BCUT2D eigenvalue weighted by Crippen LogP contribution is 2.06. The standard InChI is InChI=1S/C7H16O3/c1-4-5-6-10-7(2,8)9-3/h8H,4-6H2,1-3H3. The van der Waals surface area contributed by atoms with E-state index in [1.807, 2.05) is 0 Å². The summed E-state index contributed by atoms with van der Waals surface area (Å²) >= 11 is 0. The maximum Gasteiger partial charge on any atom is 0.277 e. The Morgan fingerprint density at radius 1 is 1.50 bits per heavy atom. The van der Waals surface area contributed by atoms with Crippen LogP contribution in [0.5, 0.6) is 0 Å². The predicted molar refractivity (Wildman–Crippen MR) is 38.5 cm³/mol. The van der Waals surface area contributed by atoms with Gasteiger partial charge in [0.2, 0.25) is 0 Å². The summed E-state index contributed by atoms with van der Waals surface area (Å²) in [6, 6.07) is 0. The van der Waals surface area contributed by atoms with Gasteiger partial charge in [0.15, 0.2) is 0 Å². The predicted octanol–water partition coefficient (Wildman–Crippen LogP) is 1.12. The summed E-state index contributed by atoms with van der Waals surface area (Å²) in [5.41, 5.74) is 0. The van der Waals surface area contributed by atoms with Gasteiger partial charge in [-0.05, 0) is 6.42 Å². The zero-order chi connectivity index (χ0) is 8.04. The van der Waals surface area contributed by atoms with Gasteiger partial charge in [-0.1, -0.05) is 13.3 Å². The van der Waals surface area contributed by atoms with E-state index in [-0.39, 0.29) is 0 Å². The molecule has 3 heteroatoms. The molecule has 0 heterocycles. The molecule has 0 amide bonds. The molecule has 1 atom stereocenters. The van der Waals surface area contributed by atoms with Crippen LogP contribution in [0.2, 0.25) is 0 Å². The van der Waals surface area contributed by atoms with Gasteiger partial charge >= 0.3 is 0 Å². The van der Waals surface area contributed by atoms with Crippen LogP contribution in [0.1, 0.15) is 26.7 Å². The minimum absolute atomic E-state index is 0.539.